The monoisotopic (exact) mass is 268 g/mol. The second-order valence-corrected chi connectivity index (χ2v) is 7.50. The molecule has 2 saturated carbocycles. The van der Waals surface area contributed by atoms with Gasteiger partial charge < -0.3 is 0 Å². The number of aromatic nitrogens is 3. The molecule has 0 amide bonds. The second-order valence-electron chi connectivity index (χ2n) is 5.69. The van der Waals surface area contributed by atoms with Crippen LogP contribution in [0.3, 0.4) is 0 Å². The summed E-state index contributed by atoms with van der Waals surface area (Å²) in [5.41, 5.74) is 0. The number of nitrogens with one attached hydrogen (secondary N) is 1. The highest BCUT2D eigenvalue weighted by atomic mass is 32.2. The van der Waals surface area contributed by atoms with Crippen molar-refractivity contribution in [2.24, 2.45) is 17.8 Å². The molecule has 98 valence electrons. The Morgan fingerprint density at radius 2 is 1.94 bits per heavy atom. The summed E-state index contributed by atoms with van der Waals surface area (Å²) in [5, 5.41) is 6.10. The molecule has 1 N–H and O–H groups in total. The van der Waals surface area contributed by atoms with Crippen LogP contribution >= 0.6 is 0 Å². The van der Waals surface area contributed by atoms with E-state index in [2.05, 4.69) is 15.2 Å². The summed E-state index contributed by atoms with van der Waals surface area (Å²) < 4.78 is 26.4. The molecule has 1 aromatic rings. The summed E-state index contributed by atoms with van der Waals surface area (Å²) in [6, 6.07) is 0.229. The Labute approximate surface area is 106 Å². The lowest BCUT2D eigenvalue weighted by atomic mass is 9.84. The minimum atomic E-state index is -3.45. The first-order chi connectivity index (χ1) is 8.68. The van der Waals surface area contributed by atoms with Gasteiger partial charge in [-0.1, -0.05) is 0 Å². The van der Waals surface area contributed by atoms with E-state index in [1.54, 1.807) is 4.31 Å². The third kappa shape index (κ3) is 1.53. The molecule has 3 aliphatic rings. The van der Waals surface area contributed by atoms with Crippen molar-refractivity contribution in [3.8, 4) is 0 Å². The van der Waals surface area contributed by atoms with Gasteiger partial charge in [-0.2, -0.15) is 9.40 Å². The molecule has 2 unspecified atom stereocenters. The molecule has 6 nitrogen and oxygen atoms in total. The van der Waals surface area contributed by atoms with Gasteiger partial charge in [0.1, 0.15) is 6.33 Å². The fourth-order valence-electron chi connectivity index (χ4n) is 3.18. The normalized spacial score (nSPS) is 33.3. The molecule has 3 fully saturated rings. The summed E-state index contributed by atoms with van der Waals surface area (Å²) in [6.45, 7) is 0.675. The predicted octanol–water partition coefficient (Wildman–Crippen LogP) is 0.614. The standard InChI is InChI=1S/C11H16N4O2S/c16-18(17,11-12-6-13-14-11)15-5-9(7-1-2-7)10(15)8-3-4-8/h6-10H,1-5H2,(H,12,13,14). The van der Waals surface area contributed by atoms with E-state index in [4.69, 9.17) is 0 Å². The Kier molecular flexibility index (Phi) is 2.15. The number of aromatic amines is 1. The van der Waals surface area contributed by atoms with Gasteiger partial charge in [0.05, 0.1) is 0 Å². The average molecular weight is 268 g/mol. The molecule has 0 aromatic carbocycles. The minimum Gasteiger partial charge on any atom is -0.249 e. The Bertz CT molecular complexity index is 548. The highest BCUT2D eigenvalue weighted by molar-refractivity contribution is 7.89. The Morgan fingerprint density at radius 1 is 1.22 bits per heavy atom. The molecular weight excluding hydrogens is 252 g/mol. The van der Waals surface area contributed by atoms with Crippen LogP contribution in [0.15, 0.2) is 11.5 Å². The highest BCUT2D eigenvalue weighted by Crippen LogP contribution is 2.53. The van der Waals surface area contributed by atoms with Gasteiger partial charge in [-0.25, -0.2) is 18.5 Å². The summed E-state index contributed by atoms with van der Waals surface area (Å²) >= 11 is 0. The van der Waals surface area contributed by atoms with E-state index in [9.17, 15) is 8.42 Å². The molecule has 0 radical (unpaired) electrons. The molecule has 18 heavy (non-hydrogen) atoms. The van der Waals surface area contributed by atoms with E-state index in [1.165, 1.54) is 32.0 Å². The second kappa shape index (κ2) is 3.54. The molecule has 1 saturated heterocycles. The number of rotatable bonds is 4. The Balaban J connectivity index is 1.61. The van der Waals surface area contributed by atoms with E-state index in [0.29, 0.717) is 18.4 Å². The topological polar surface area (TPSA) is 79.0 Å². The fourth-order valence-corrected chi connectivity index (χ4v) is 4.76. The van der Waals surface area contributed by atoms with Gasteiger partial charge >= 0.3 is 0 Å². The maximum absolute atomic E-state index is 12.4. The van der Waals surface area contributed by atoms with Gasteiger partial charge in [-0.15, -0.1) is 0 Å². The summed E-state index contributed by atoms with van der Waals surface area (Å²) in [7, 11) is -3.45. The fraction of sp³-hybridized carbons (Fsp3) is 0.818. The van der Waals surface area contributed by atoms with Crippen molar-refractivity contribution in [1.82, 2.24) is 19.5 Å². The lowest BCUT2D eigenvalue weighted by Gasteiger charge is -2.47. The Morgan fingerprint density at radius 3 is 2.50 bits per heavy atom. The Hall–Kier alpha value is -0.950. The maximum Gasteiger partial charge on any atom is 0.278 e. The predicted molar refractivity (Wildman–Crippen MR) is 63.0 cm³/mol. The molecule has 1 aliphatic heterocycles. The lowest BCUT2D eigenvalue weighted by Crippen LogP contribution is -2.60. The van der Waals surface area contributed by atoms with E-state index in [-0.39, 0.29) is 11.2 Å². The summed E-state index contributed by atoms with van der Waals surface area (Å²) in [6.07, 6.45) is 6.16. The highest BCUT2D eigenvalue weighted by Gasteiger charge is 2.57. The molecule has 0 spiro atoms. The van der Waals surface area contributed by atoms with Gasteiger partial charge in [0.25, 0.3) is 15.2 Å². The molecule has 1 aromatic heterocycles. The van der Waals surface area contributed by atoms with Crippen LogP contribution in [-0.2, 0) is 10.0 Å². The van der Waals surface area contributed by atoms with Crippen LogP contribution in [0, 0.1) is 17.8 Å². The third-order valence-corrected chi connectivity index (χ3v) is 6.14. The van der Waals surface area contributed by atoms with Crippen LogP contribution in [0.1, 0.15) is 25.7 Å². The smallest absolute Gasteiger partial charge is 0.249 e. The van der Waals surface area contributed by atoms with Crippen LogP contribution in [0.5, 0.6) is 0 Å². The number of H-pyrrole nitrogens is 1. The van der Waals surface area contributed by atoms with Crippen molar-refractivity contribution in [3.05, 3.63) is 6.33 Å². The molecule has 2 atom stereocenters. The van der Waals surface area contributed by atoms with E-state index < -0.39 is 10.0 Å². The van der Waals surface area contributed by atoms with Crippen LogP contribution in [0.4, 0.5) is 0 Å². The molecule has 7 heteroatoms. The minimum absolute atomic E-state index is 0.0117. The van der Waals surface area contributed by atoms with Crippen LogP contribution in [0.25, 0.3) is 0 Å². The van der Waals surface area contributed by atoms with Crippen LogP contribution in [0.2, 0.25) is 0 Å². The van der Waals surface area contributed by atoms with Gasteiger partial charge in [0.15, 0.2) is 0 Å². The zero-order valence-electron chi connectivity index (χ0n) is 9.99. The van der Waals surface area contributed by atoms with Crippen molar-refractivity contribution >= 4 is 10.0 Å². The first-order valence-electron chi connectivity index (χ1n) is 6.55. The third-order valence-electron chi connectivity index (χ3n) is 4.44. The van der Waals surface area contributed by atoms with Crippen LogP contribution < -0.4 is 0 Å². The van der Waals surface area contributed by atoms with Gasteiger partial charge in [0.2, 0.25) is 0 Å². The summed E-state index contributed by atoms with van der Waals surface area (Å²) in [5.74, 6) is 1.95. The van der Waals surface area contributed by atoms with Gasteiger partial charge in [-0.05, 0) is 43.4 Å². The van der Waals surface area contributed by atoms with E-state index >= 15 is 0 Å². The zero-order chi connectivity index (χ0) is 12.3. The van der Waals surface area contributed by atoms with Crippen molar-refractivity contribution < 1.29 is 8.42 Å². The van der Waals surface area contributed by atoms with E-state index in [0.717, 1.165) is 5.92 Å². The van der Waals surface area contributed by atoms with Crippen molar-refractivity contribution in [3.63, 3.8) is 0 Å². The number of sulfonamides is 1. The number of nitrogens with zero attached hydrogens (tertiary/aromatic N) is 3. The first kappa shape index (κ1) is 10.9. The quantitative estimate of drug-likeness (QED) is 0.868. The van der Waals surface area contributed by atoms with E-state index in [1.807, 2.05) is 0 Å². The maximum atomic E-state index is 12.4. The molecule has 2 aliphatic carbocycles. The lowest BCUT2D eigenvalue weighted by molar-refractivity contribution is 0.0651. The zero-order valence-corrected chi connectivity index (χ0v) is 10.8. The van der Waals surface area contributed by atoms with Crippen LogP contribution in [-0.4, -0.2) is 40.5 Å². The largest absolute Gasteiger partial charge is 0.278 e. The van der Waals surface area contributed by atoms with Gasteiger partial charge in [0, 0.05) is 12.6 Å². The molecular formula is C11H16N4O2S. The summed E-state index contributed by atoms with van der Waals surface area (Å²) in [4.78, 5) is 3.79. The number of hydrogen-bond donors (Lipinski definition) is 1. The first-order valence-corrected chi connectivity index (χ1v) is 7.99. The molecule has 0 bridgehead atoms. The SMILES string of the molecule is O=S(=O)(c1ncn[nH]1)N1CC(C2CC2)C1C1CC1. The van der Waals surface area contributed by atoms with Gasteiger partial charge in [-0.3, -0.25) is 0 Å². The molecule has 2 heterocycles. The van der Waals surface area contributed by atoms with Crippen molar-refractivity contribution in [2.75, 3.05) is 6.54 Å². The number of hydrogen-bond acceptors (Lipinski definition) is 4. The van der Waals surface area contributed by atoms with Crippen molar-refractivity contribution in [2.45, 2.75) is 36.9 Å². The van der Waals surface area contributed by atoms with Crippen molar-refractivity contribution in [1.29, 1.82) is 0 Å². The molecule has 4 rings (SSSR count). The average Bonchev–Trinajstić information content (AvgIpc) is 3.20.